The number of aliphatic hydroxyl groups excluding tert-OH is 1. The van der Waals surface area contributed by atoms with Crippen molar-refractivity contribution < 1.29 is 23.8 Å². The van der Waals surface area contributed by atoms with Crippen LogP contribution in [0.5, 0.6) is 5.75 Å². The number of ketones is 1. The molecule has 2 aromatic heterocycles. The number of halogens is 2. The SMILES string of the molecule is Cc1cc(/C(O)=C2\C(=O)C(=O)N(c3nc4cc(Cl)c(F)cc4s3)C2c2ccccn2)ccc1OC(C)C. The van der Waals surface area contributed by atoms with Crippen molar-refractivity contribution in [3.8, 4) is 5.75 Å². The Morgan fingerprint density at radius 3 is 2.65 bits per heavy atom. The number of ether oxygens (including phenoxy) is 1. The molecular weight excluding hydrogens is 517 g/mol. The lowest BCUT2D eigenvalue weighted by Crippen LogP contribution is -2.29. The number of aliphatic hydroxyl groups is 1. The van der Waals surface area contributed by atoms with E-state index < -0.39 is 23.5 Å². The van der Waals surface area contributed by atoms with Crippen molar-refractivity contribution in [1.29, 1.82) is 0 Å². The van der Waals surface area contributed by atoms with Crippen LogP contribution in [0.3, 0.4) is 0 Å². The summed E-state index contributed by atoms with van der Waals surface area (Å²) in [5.74, 6) is -2.07. The number of aryl methyl sites for hydroxylation is 1. The second-order valence-corrected chi connectivity index (χ2v) is 10.2. The molecule has 37 heavy (non-hydrogen) atoms. The summed E-state index contributed by atoms with van der Waals surface area (Å²) in [6.07, 6.45) is 1.50. The minimum Gasteiger partial charge on any atom is -0.507 e. The van der Waals surface area contributed by atoms with Gasteiger partial charge >= 0.3 is 5.91 Å². The van der Waals surface area contributed by atoms with Crippen molar-refractivity contribution in [2.24, 2.45) is 0 Å². The highest BCUT2D eigenvalue weighted by molar-refractivity contribution is 7.22. The lowest BCUT2D eigenvalue weighted by atomic mass is 9.97. The van der Waals surface area contributed by atoms with Crippen LogP contribution in [0.15, 0.2) is 60.3 Å². The van der Waals surface area contributed by atoms with Gasteiger partial charge in [-0.05, 0) is 68.8 Å². The number of carbonyl (C=O) groups excluding carboxylic acids is 2. The monoisotopic (exact) mass is 537 g/mol. The maximum atomic E-state index is 14.1. The summed E-state index contributed by atoms with van der Waals surface area (Å²) >= 11 is 6.95. The van der Waals surface area contributed by atoms with E-state index in [9.17, 15) is 19.1 Å². The van der Waals surface area contributed by atoms with E-state index in [-0.39, 0.29) is 27.6 Å². The Bertz CT molecular complexity index is 1550. The van der Waals surface area contributed by atoms with E-state index in [2.05, 4.69) is 9.97 Å². The van der Waals surface area contributed by atoms with Crippen molar-refractivity contribution in [3.05, 3.63) is 88.0 Å². The van der Waals surface area contributed by atoms with Crippen LogP contribution >= 0.6 is 22.9 Å². The van der Waals surface area contributed by atoms with Gasteiger partial charge in [-0.3, -0.25) is 19.5 Å². The number of pyridine rings is 1. The first-order valence-electron chi connectivity index (χ1n) is 11.4. The fourth-order valence-corrected chi connectivity index (χ4v) is 5.36. The highest BCUT2D eigenvalue weighted by atomic mass is 35.5. The van der Waals surface area contributed by atoms with Crippen LogP contribution in [0.4, 0.5) is 9.52 Å². The summed E-state index contributed by atoms with van der Waals surface area (Å²) in [6.45, 7) is 5.65. The highest BCUT2D eigenvalue weighted by Crippen LogP contribution is 2.44. The summed E-state index contributed by atoms with van der Waals surface area (Å²) in [7, 11) is 0. The summed E-state index contributed by atoms with van der Waals surface area (Å²) in [6, 6.07) is 11.7. The number of nitrogens with zero attached hydrogens (tertiary/aromatic N) is 3. The number of benzene rings is 2. The first-order valence-corrected chi connectivity index (χ1v) is 12.6. The van der Waals surface area contributed by atoms with E-state index in [1.165, 1.54) is 23.2 Å². The molecule has 1 aliphatic rings. The molecule has 7 nitrogen and oxygen atoms in total. The molecule has 1 atom stereocenters. The number of thiazole rings is 1. The largest absolute Gasteiger partial charge is 0.507 e. The van der Waals surface area contributed by atoms with Gasteiger partial charge in [-0.1, -0.05) is 29.0 Å². The van der Waals surface area contributed by atoms with E-state index in [1.54, 1.807) is 36.4 Å². The first-order chi connectivity index (χ1) is 17.7. The molecule has 0 spiro atoms. The zero-order valence-electron chi connectivity index (χ0n) is 20.0. The quantitative estimate of drug-likeness (QED) is 0.185. The van der Waals surface area contributed by atoms with Gasteiger partial charge in [0.25, 0.3) is 5.78 Å². The molecule has 0 bridgehead atoms. The molecule has 1 aliphatic heterocycles. The molecule has 1 saturated heterocycles. The zero-order valence-corrected chi connectivity index (χ0v) is 21.6. The van der Waals surface area contributed by atoms with Crippen LogP contribution in [0.2, 0.25) is 5.02 Å². The Balaban J connectivity index is 1.67. The van der Waals surface area contributed by atoms with Gasteiger partial charge in [-0.25, -0.2) is 9.37 Å². The number of hydrogen-bond acceptors (Lipinski definition) is 7. The fraction of sp³-hybridized carbons (Fsp3) is 0.185. The van der Waals surface area contributed by atoms with E-state index >= 15 is 0 Å². The molecular formula is C27H21ClFN3O4S. The van der Waals surface area contributed by atoms with Crippen LogP contribution in [0.1, 0.15) is 36.7 Å². The van der Waals surface area contributed by atoms with Crippen molar-refractivity contribution in [1.82, 2.24) is 9.97 Å². The minimum absolute atomic E-state index is 0.0372. The van der Waals surface area contributed by atoms with Gasteiger partial charge in [-0.15, -0.1) is 0 Å². The second-order valence-electron chi connectivity index (χ2n) is 8.80. The highest BCUT2D eigenvalue weighted by Gasteiger charge is 2.48. The van der Waals surface area contributed by atoms with E-state index in [0.29, 0.717) is 27.2 Å². The Morgan fingerprint density at radius 2 is 1.97 bits per heavy atom. The number of Topliss-reactive ketones (excluding diaryl/α,β-unsaturated/α-hetero) is 1. The minimum atomic E-state index is -1.05. The van der Waals surface area contributed by atoms with Crippen molar-refractivity contribution in [2.45, 2.75) is 32.9 Å². The Kier molecular flexibility index (Phi) is 6.43. The molecule has 5 rings (SSSR count). The van der Waals surface area contributed by atoms with Crippen molar-refractivity contribution in [2.75, 3.05) is 4.90 Å². The maximum absolute atomic E-state index is 14.1. The van der Waals surface area contributed by atoms with Crippen LogP contribution < -0.4 is 9.64 Å². The zero-order chi connectivity index (χ0) is 26.4. The van der Waals surface area contributed by atoms with Crippen LogP contribution in [-0.2, 0) is 9.59 Å². The summed E-state index contributed by atoms with van der Waals surface area (Å²) in [5.41, 5.74) is 1.73. The Hall–Kier alpha value is -3.82. The van der Waals surface area contributed by atoms with Crippen LogP contribution in [0, 0.1) is 12.7 Å². The molecule has 10 heteroatoms. The first kappa shape index (κ1) is 24.9. The number of carbonyl (C=O) groups is 2. The number of anilines is 1. The van der Waals surface area contributed by atoms with Crippen molar-refractivity contribution >= 4 is 55.7 Å². The maximum Gasteiger partial charge on any atom is 0.301 e. The van der Waals surface area contributed by atoms with Gasteiger partial charge in [0, 0.05) is 11.8 Å². The number of rotatable bonds is 5. The van der Waals surface area contributed by atoms with Crippen LogP contribution in [0.25, 0.3) is 16.0 Å². The predicted octanol–water partition coefficient (Wildman–Crippen LogP) is 6.21. The molecule has 3 heterocycles. The van der Waals surface area contributed by atoms with E-state index in [4.69, 9.17) is 16.3 Å². The standard InChI is InChI=1S/C27H21ClFN3O4S/c1-13(2)36-20-8-7-15(10-14(20)3)24(33)22-23(18-6-4-5-9-30-18)32(26(35)25(22)34)27-31-19-11-16(28)17(29)12-21(19)37-27/h4-13,23,33H,1-3H3/b24-22+. The third-order valence-corrected chi connectivity index (χ3v) is 7.16. The molecule has 0 aliphatic carbocycles. The third-order valence-electron chi connectivity index (χ3n) is 5.85. The van der Waals surface area contributed by atoms with Crippen LogP contribution in [-0.4, -0.2) is 32.9 Å². The smallest absolute Gasteiger partial charge is 0.301 e. The number of aromatic nitrogens is 2. The Labute approximate surface area is 220 Å². The second kappa shape index (κ2) is 9.57. The molecule has 1 fully saturated rings. The molecule has 0 saturated carbocycles. The average molecular weight is 538 g/mol. The van der Waals surface area contributed by atoms with Gasteiger partial charge in [0.05, 0.1) is 32.6 Å². The fourth-order valence-electron chi connectivity index (χ4n) is 4.20. The Morgan fingerprint density at radius 1 is 1.19 bits per heavy atom. The van der Waals surface area contributed by atoms with Gasteiger partial charge in [-0.2, -0.15) is 0 Å². The molecule has 4 aromatic rings. The summed E-state index contributed by atoms with van der Waals surface area (Å²) in [4.78, 5) is 36.7. The number of hydrogen-bond donors (Lipinski definition) is 1. The van der Waals surface area contributed by atoms with Gasteiger partial charge in [0.1, 0.15) is 23.4 Å². The van der Waals surface area contributed by atoms with Gasteiger partial charge in [0.2, 0.25) is 0 Å². The number of amides is 1. The van der Waals surface area contributed by atoms with E-state index in [1.807, 2.05) is 20.8 Å². The van der Waals surface area contributed by atoms with Gasteiger partial charge < -0.3 is 9.84 Å². The normalized spacial score (nSPS) is 17.2. The molecule has 1 amide bonds. The lowest BCUT2D eigenvalue weighted by Gasteiger charge is -2.22. The summed E-state index contributed by atoms with van der Waals surface area (Å²) < 4.78 is 20.3. The van der Waals surface area contributed by atoms with Gasteiger partial charge in [0.15, 0.2) is 5.13 Å². The molecule has 1 unspecified atom stereocenters. The average Bonchev–Trinajstić information content (AvgIpc) is 3.38. The van der Waals surface area contributed by atoms with E-state index in [0.717, 1.165) is 16.9 Å². The number of fused-ring (bicyclic) bond motifs is 1. The molecule has 1 N–H and O–H groups in total. The molecule has 188 valence electrons. The molecule has 0 radical (unpaired) electrons. The van der Waals surface area contributed by atoms with Crippen molar-refractivity contribution in [3.63, 3.8) is 0 Å². The predicted molar refractivity (Wildman–Crippen MR) is 141 cm³/mol. The topological polar surface area (TPSA) is 92.6 Å². The lowest BCUT2D eigenvalue weighted by molar-refractivity contribution is -0.132. The summed E-state index contributed by atoms with van der Waals surface area (Å²) in [5, 5.41) is 11.4. The molecule has 2 aromatic carbocycles. The third kappa shape index (κ3) is 4.45.